The second kappa shape index (κ2) is 7.24. The minimum atomic E-state index is -0.393. The lowest BCUT2D eigenvalue weighted by molar-refractivity contribution is -0.110. The number of amides is 1. The molecule has 1 fully saturated rings. The quantitative estimate of drug-likeness (QED) is 0.782. The molecular weight excluding hydrogens is 373 g/mol. The molecule has 1 aromatic heterocycles. The summed E-state index contributed by atoms with van der Waals surface area (Å²) >= 11 is 0. The number of likely N-dealkylation sites (tertiary alicyclic amines) is 1. The maximum Gasteiger partial charge on any atom is 0.260 e. The van der Waals surface area contributed by atoms with Gasteiger partial charge in [0.25, 0.3) is 5.91 Å². The lowest BCUT2D eigenvalue weighted by atomic mass is 10.0. The first kappa shape index (κ1) is 18.3. The second-order valence-electron chi connectivity index (χ2n) is 7.76. The Labute approximate surface area is 168 Å². The summed E-state index contributed by atoms with van der Waals surface area (Å²) in [5, 5.41) is 12.4. The SMILES string of the molecule is O=C1Nc2ccc(F)cc2/C1=C1/OCc2nc(CCN3CCC(O)CC3)ccc21. The van der Waals surface area contributed by atoms with E-state index in [0.717, 1.165) is 55.8 Å². The van der Waals surface area contributed by atoms with Gasteiger partial charge in [-0.2, -0.15) is 0 Å². The highest BCUT2D eigenvalue weighted by atomic mass is 19.1. The first-order chi connectivity index (χ1) is 14.1. The summed E-state index contributed by atoms with van der Waals surface area (Å²) in [6.07, 6.45) is 2.31. The Morgan fingerprint density at radius 1 is 1.21 bits per heavy atom. The highest BCUT2D eigenvalue weighted by molar-refractivity contribution is 6.36. The van der Waals surface area contributed by atoms with Crippen LogP contribution in [0.25, 0.3) is 11.3 Å². The van der Waals surface area contributed by atoms with Crippen molar-refractivity contribution in [3.63, 3.8) is 0 Å². The van der Waals surface area contributed by atoms with E-state index in [2.05, 4.69) is 10.2 Å². The summed E-state index contributed by atoms with van der Waals surface area (Å²) in [6, 6.07) is 8.15. The maximum absolute atomic E-state index is 13.7. The number of carbonyl (C=O) groups excluding carboxylic acids is 1. The van der Waals surface area contributed by atoms with Crippen LogP contribution in [0.5, 0.6) is 0 Å². The van der Waals surface area contributed by atoms with Crippen molar-refractivity contribution in [2.75, 3.05) is 25.0 Å². The first-order valence-corrected chi connectivity index (χ1v) is 9.96. The van der Waals surface area contributed by atoms with Crippen molar-refractivity contribution < 1.29 is 19.0 Å². The number of nitrogens with zero attached hydrogens (tertiary/aromatic N) is 2. The number of rotatable bonds is 3. The van der Waals surface area contributed by atoms with E-state index in [4.69, 9.17) is 9.72 Å². The number of aliphatic hydroxyl groups is 1. The molecule has 7 heteroatoms. The fraction of sp³-hybridized carbons (Fsp3) is 0.364. The molecule has 1 saturated heterocycles. The molecule has 3 aliphatic heterocycles. The highest BCUT2D eigenvalue weighted by Gasteiger charge is 2.33. The number of anilines is 1. The third-order valence-corrected chi connectivity index (χ3v) is 5.82. The van der Waals surface area contributed by atoms with E-state index in [-0.39, 0.29) is 12.0 Å². The Morgan fingerprint density at radius 3 is 2.86 bits per heavy atom. The summed E-state index contributed by atoms with van der Waals surface area (Å²) in [6.45, 7) is 3.03. The van der Waals surface area contributed by atoms with Gasteiger partial charge in [0, 0.05) is 48.6 Å². The molecule has 0 saturated carbocycles. The van der Waals surface area contributed by atoms with Gasteiger partial charge in [0.1, 0.15) is 18.2 Å². The smallest absolute Gasteiger partial charge is 0.260 e. The van der Waals surface area contributed by atoms with Crippen molar-refractivity contribution in [1.82, 2.24) is 9.88 Å². The zero-order valence-electron chi connectivity index (χ0n) is 15.9. The van der Waals surface area contributed by atoms with Gasteiger partial charge >= 0.3 is 0 Å². The van der Waals surface area contributed by atoms with Gasteiger partial charge in [-0.25, -0.2) is 4.39 Å². The number of benzene rings is 1. The molecule has 2 N–H and O–H groups in total. The van der Waals surface area contributed by atoms with Gasteiger partial charge in [0.05, 0.1) is 17.4 Å². The molecule has 1 amide bonds. The number of fused-ring (bicyclic) bond motifs is 2. The van der Waals surface area contributed by atoms with Crippen molar-refractivity contribution in [3.05, 3.63) is 58.7 Å². The molecule has 2 aromatic rings. The Kier molecular flexibility index (Phi) is 4.56. The molecule has 0 spiro atoms. The molecule has 0 atom stereocenters. The molecule has 0 bridgehead atoms. The number of aliphatic hydroxyl groups excluding tert-OH is 1. The van der Waals surface area contributed by atoms with E-state index in [1.54, 1.807) is 6.07 Å². The predicted octanol–water partition coefficient (Wildman–Crippen LogP) is 2.57. The number of nitrogens with one attached hydrogen (secondary N) is 1. The Bertz CT molecular complexity index is 1010. The lowest BCUT2D eigenvalue weighted by Gasteiger charge is -2.29. The fourth-order valence-electron chi connectivity index (χ4n) is 4.21. The summed E-state index contributed by atoms with van der Waals surface area (Å²) < 4.78 is 19.6. The van der Waals surface area contributed by atoms with Crippen molar-refractivity contribution in [2.24, 2.45) is 0 Å². The van der Waals surface area contributed by atoms with Crippen molar-refractivity contribution in [3.8, 4) is 0 Å². The zero-order valence-corrected chi connectivity index (χ0v) is 15.9. The molecule has 29 heavy (non-hydrogen) atoms. The lowest BCUT2D eigenvalue weighted by Crippen LogP contribution is -2.37. The van der Waals surface area contributed by atoms with E-state index in [1.807, 2.05) is 12.1 Å². The Hall–Kier alpha value is -2.77. The molecule has 3 aliphatic rings. The normalized spacial score (nSPS) is 21.7. The van der Waals surface area contributed by atoms with E-state index < -0.39 is 5.82 Å². The molecule has 150 valence electrons. The first-order valence-electron chi connectivity index (χ1n) is 9.96. The number of aromatic nitrogens is 1. The van der Waals surface area contributed by atoms with Crippen molar-refractivity contribution in [2.45, 2.75) is 32.0 Å². The van der Waals surface area contributed by atoms with Crippen LogP contribution < -0.4 is 5.32 Å². The number of piperidine rings is 1. The predicted molar refractivity (Wildman–Crippen MR) is 106 cm³/mol. The molecule has 5 rings (SSSR count). The molecule has 4 heterocycles. The molecule has 0 unspecified atom stereocenters. The Morgan fingerprint density at radius 2 is 2.03 bits per heavy atom. The minimum absolute atomic E-state index is 0.167. The van der Waals surface area contributed by atoms with Gasteiger partial charge in [0.2, 0.25) is 0 Å². The molecule has 0 aliphatic carbocycles. The third-order valence-electron chi connectivity index (χ3n) is 5.82. The van der Waals surface area contributed by atoms with Gasteiger partial charge < -0.3 is 20.1 Å². The van der Waals surface area contributed by atoms with E-state index >= 15 is 0 Å². The molecular formula is C22H22FN3O3. The third kappa shape index (κ3) is 3.41. The van der Waals surface area contributed by atoms with Crippen LogP contribution in [0, 0.1) is 5.82 Å². The van der Waals surface area contributed by atoms with Gasteiger partial charge in [-0.05, 0) is 43.2 Å². The largest absolute Gasteiger partial charge is 0.486 e. The molecule has 6 nitrogen and oxygen atoms in total. The van der Waals surface area contributed by atoms with Crippen LogP contribution in [-0.2, 0) is 22.6 Å². The van der Waals surface area contributed by atoms with Crippen LogP contribution >= 0.6 is 0 Å². The highest BCUT2D eigenvalue weighted by Crippen LogP contribution is 2.41. The number of pyridine rings is 1. The number of hydrogen-bond acceptors (Lipinski definition) is 5. The molecule has 0 radical (unpaired) electrons. The van der Waals surface area contributed by atoms with Crippen molar-refractivity contribution in [1.29, 1.82) is 0 Å². The molecule has 1 aromatic carbocycles. The topological polar surface area (TPSA) is 74.7 Å². The van der Waals surface area contributed by atoms with Crippen LogP contribution in [-0.4, -0.2) is 46.6 Å². The average Bonchev–Trinajstić information content (AvgIpc) is 3.26. The fourth-order valence-corrected chi connectivity index (χ4v) is 4.21. The standard InChI is InChI=1S/C22H22FN3O3/c23-13-1-4-18-17(11-13)20(22(28)25-18)21-16-3-2-14(24-19(16)12-29-21)5-8-26-9-6-15(27)7-10-26/h1-4,11,15,27H,5-10,12H2,(H,25,28)/b21-20-. The zero-order chi connectivity index (χ0) is 20.0. The van der Waals surface area contributed by atoms with Gasteiger partial charge in [-0.1, -0.05) is 0 Å². The number of ether oxygens (including phenoxy) is 1. The van der Waals surface area contributed by atoms with Crippen LogP contribution in [0.4, 0.5) is 10.1 Å². The second-order valence-corrected chi connectivity index (χ2v) is 7.76. The summed E-state index contributed by atoms with van der Waals surface area (Å²) in [5.41, 5.74) is 4.04. The van der Waals surface area contributed by atoms with Crippen LogP contribution in [0.3, 0.4) is 0 Å². The van der Waals surface area contributed by atoms with E-state index in [1.165, 1.54) is 12.1 Å². The number of carbonyl (C=O) groups is 1. The van der Waals surface area contributed by atoms with E-state index in [0.29, 0.717) is 29.2 Å². The van der Waals surface area contributed by atoms with Gasteiger partial charge in [-0.3, -0.25) is 9.78 Å². The summed E-state index contributed by atoms with van der Waals surface area (Å²) in [5.74, 6) is -0.217. The number of hydrogen-bond donors (Lipinski definition) is 2. The van der Waals surface area contributed by atoms with Crippen LogP contribution in [0.15, 0.2) is 30.3 Å². The summed E-state index contributed by atoms with van der Waals surface area (Å²) in [7, 11) is 0. The monoisotopic (exact) mass is 395 g/mol. The Balaban J connectivity index is 1.38. The van der Waals surface area contributed by atoms with Crippen LogP contribution in [0.1, 0.15) is 35.4 Å². The maximum atomic E-state index is 13.7. The minimum Gasteiger partial charge on any atom is -0.486 e. The number of halogens is 1. The van der Waals surface area contributed by atoms with Crippen LogP contribution in [0.2, 0.25) is 0 Å². The van der Waals surface area contributed by atoms with Gasteiger partial charge in [-0.15, -0.1) is 0 Å². The average molecular weight is 395 g/mol. The summed E-state index contributed by atoms with van der Waals surface area (Å²) in [4.78, 5) is 19.6. The van der Waals surface area contributed by atoms with Gasteiger partial charge in [0.15, 0.2) is 0 Å². The van der Waals surface area contributed by atoms with Crippen molar-refractivity contribution >= 4 is 22.9 Å². The van der Waals surface area contributed by atoms with E-state index in [9.17, 15) is 14.3 Å².